The normalized spacial score (nSPS) is 10.8. The minimum absolute atomic E-state index is 0.274. The molecule has 0 spiro atoms. The van der Waals surface area contributed by atoms with Gasteiger partial charge in [0.25, 0.3) is 5.91 Å². The SMILES string of the molecule is CCc1c(C(=N)C(N)=O)c2c(OCC(=O)OC)cc(C)cc2n1Cc1ccccc1. The largest absolute Gasteiger partial charge is 0.481 e. The van der Waals surface area contributed by atoms with Crippen LogP contribution in [-0.4, -0.2) is 35.9 Å². The first kappa shape index (κ1) is 21.1. The number of nitrogens with zero attached hydrogens (tertiary/aromatic N) is 1. The molecule has 0 atom stereocenters. The summed E-state index contributed by atoms with van der Waals surface area (Å²) in [6.45, 7) is 4.18. The highest BCUT2D eigenvalue weighted by atomic mass is 16.6. The molecule has 0 bridgehead atoms. The molecule has 30 heavy (non-hydrogen) atoms. The van der Waals surface area contributed by atoms with Crippen LogP contribution in [0.5, 0.6) is 5.75 Å². The average molecular weight is 407 g/mol. The number of primary amides is 1. The Hall–Kier alpha value is -3.61. The van der Waals surface area contributed by atoms with Crippen LogP contribution in [0, 0.1) is 12.3 Å². The van der Waals surface area contributed by atoms with Crippen LogP contribution in [0.25, 0.3) is 10.9 Å². The van der Waals surface area contributed by atoms with Gasteiger partial charge >= 0.3 is 5.97 Å². The van der Waals surface area contributed by atoms with Crippen molar-refractivity contribution < 1.29 is 19.1 Å². The standard InChI is InChI=1S/C23H25N3O4/c1-4-16-21(22(24)23(25)28)20-17(26(16)12-15-8-6-5-7-9-15)10-14(2)11-18(20)30-13-19(27)29-3/h5-11,24H,4,12-13H2,1-3H3,(H2,25,28). The molecule has 0 saturated carbocycles. The van der Waals surface area contributed by atoms with Crippen molar-refractivity contribution in [3.8, 4) is 5.75 Å². The number of hydrogen-bond acceptors (Lipinski definition) is 5. The summed E-state index contributed by atoms with van der Waals surface area (Å²) in [5.41, 5.74) is 9.27. The van der Waals surface area contributed by atoms with Gasteiger partial charge in [0, 0.05) is 17.8 Å². The van der Waals surface area contributed by atoms with Crippen molar-refractivity contribution in [2.75, 3.05) is 13.7 Å². The Bertz CT molecular complexity index is 1120. The molecule has 1 amide bonds. The fraction of sp³-hybridized carbons (Fsp3) is 0.261. The van der Waals surface area contributed by atoms with E-state index in [2.05, 4.69) is 9.30 Å². The number of rotatable bonds is 8. The first-order valence-corrected chi connectivity index (χ1v) is 9.65. The van der Waals surface area contributed by atoms with Gasteiger partial charge in [0.15, 0.2) is 6.61 Å². The van der Waals surface area contributed by atoms with E-state index in [0.717, 1.165) is 22.3 Å². The summed E-state index contributed by atoms with van der Waals surface area (Å²) in [5, 5.41) is 8.97. The highest BCUT2D eigenvalue weighted by molar-refractivity contribution is 6.46. The molecule has 0 radical (unpaired) electrons. The molecule has 3 N–H and O–H groups in total. The number of benzene rings is 2. The lowest BCUT2D eigenvalue weighted by atomic mass is 10.0. The van der Waals surface area contributed by atoms with Crippen molar-refractivity contribution >= 4 is 28.5 Å². The van der Waals surface area contributed by atoms with Gasteiger partial charge < -0.3 is 19.8 Å². The molecular formula is C23H25N3O4. The van der Waals surface area contributed by atoms with Gasteiger partial charge in [-0.3, -0.25) is 10.2 Å². The smallest absolute Gasteiger partial charge is 0.343 e. The molecule has 3 aromatic rings. The number of hydrogen-bond donors (Lipinski definition) is 2. The van der Waals surface area contributed by atoms with E-state index in [9.17, 15) is 9.59 Å². The van der Waals surface area contributed by atoms with Gasteiger partial charge in [0.05, 0.1) is 18.0 Å². The Labute approximate surface area is 174 Å². The lowest BCUT2D eigenvalue weighted by molar-refractivity contribution is -0.142. The van der Waals surface area contributed by atoms with Gasteiger partial charge in [-0.25, -0.2) is 4.79 Å². The summed E-state index contributed by atoms with van der Waals surface area (Å²) >= 11 is 0. The Morgan fingerprint density at radius 3 is 2.47 bits per heavy atom. The highest BCUT2D eigenvalue weighted by Crippen LogP contribution is 2.36. The fourth-order valence-corrected chi connectivity index (χ4v) is 3.64. The number of amides is 1. The predicted octanol–water partition coefficient (Wildman–Crippen LogP) is 2.97. The summed E-state index contributed by atoms with van der Waals surface area (Å²) in [5.74, 6) is -0.920. The number of nitrogens with two attached hydrogens (primary N) is 1. The number of methoxy groups -OCH3 is 1. The van der Waals surface area contributed by atoms with Crippen LogP contribution in [-0.2, 0) is 27.3 Å². The molecule has 1 aromatic heterocycles. The summed E-state index contributed by atoms with van der Waals surface area (Å²) < 4.78 is 12.5. The Morgan fingerprint density at radius 1 is 1.17 bits per heavy atom. The molecule has 0 saturated heterocycles. The van der Waals surface area contributed by atoms with E-state index in [1.165, 1.54) is 7.11 Å². The zero-order valence-corrected chi connectivity index (χ0v) is 17.3. The summed E-state index contributed by atoms with van der Waals surface area (Å²) in [6.07, 6.45) is 0.585. The second-order valence-corrected chi connectivity index (χ2v) is 7.01. The molecule has 2 aromatic carbocycles. The van der Waals surface area contributed by atoms with E-state index in [-0.39, 0.29) is 12.3 Å². The Balaban J connectivity index is 2.29. The Morgan fingerprint density at radius 2 is 1.87 bits per heavy atom. The first-order valence-electron chi connectivity index (χ1n) is 9.65. The van der Waals surface area contributed by atoms with Crippen LogP contribution in [0.4, 0.5) is 0 Å². The van der Waals surface area contributed by atoms with Crippen molar-refractivity contribution in [1.82, 2.24) is 4.57 Å². The third-order valence-electron chi connectivity index (χ3n) is 4.97. The van der Waals surface area contributed by atoms with Gasteiger partial charge in [-0.15, -0.1) is 0 Å². The third-order valence-corrected chi connectivity index (χ3v) is 4.97. The molecule has 156 valence electrons. The Kier molecular flexibility index (Phi) is 6.20. The topological polar surface area (TPSA) is 107 Å². The van der Waals surface area contributed by atoms with Crippen molar-refractivity contribution in [2.45, 2.75) is 26.8 Å². The molecule has 0 fully saturated rings. The number of aryl methyl sites for hydroxylation is 1. The number of ether oxygens (including phenoxy) is 2. The van der Waals surface area contributed by atoms with Crippen molar-refractivity contribution in [3.63, 3.8) is 0 Å². The third kappa shape index (κ3) is 4.05. The molecule has 7 nitrogen and oxygen atoms in total. The maximum absolute atomic E-state index is 11.9. The number of carbonyl (C=O) groups excluding carboxylic acids is 2. The van der Waals surface area contributed by atoms with Crippen LogP contribution >= 0.6 is 0 Å². The number of aromatic nitrogens is 1. The minimum atomic E-state index is -0.817. The molecule has 7 heteroatoms. The second kappa shape index (κ2) is 8.82. The van der Waals surface area contributed by atoms with Gasteiger partial charge in [-0.05, 0) is 36.6 Å². The number of carbonyl (C=O) groups is 2. The van der Waals surface area contributed by atoms with E-state index < -0.39 is 11.9 Å². The van der Waals surface area contributed by atoms with E-state index in [4.69, 9.17) is 15.9 Å². The van der Waals surface area contributed by atoms with Gasteiger partial charge in [0.2, 0.25) is 0 Å². The maximum atomic E-state index is 11.9. The zero-order valence-electron chi connectivity index (χ0n) is 17.3. The number of esters is 1. The van der Waals surface area contributed by atoms with Crippen LogP contribution in [0.1, 0.15) is 29.3 Å². The van der Waals surface area contributed by atoms with E-state index >= 15 is 0 Å². The minimum Gasteiger partial charge on any atom is -0.481 e. The van der Waals surface area contributed by atoms with Crippen LogP contribution < -0.4 is 10.5 Å². The van der Waals surface area contributed by atoms with Crippen LogP contribution in [0.2, 0.25) is 0 Å². The second-order valence-electron chi connectivity index (χ2n) is 7.01. The monoisotopic (exact) mass is 407 g/mol. The molecule has 0 aliphatic heterocycles. The number of nitrogens with one attached hydrogen (secondary N) is 1. The lowest BCUT2D eigenvalue weighted by Crippen LogP contribution is -2.24. The first-order chi connectivity index (χ1) is 14.4. The van der Waals surface area contributed by atoms with Crippen LogP contribution in [0.3, 0.4) is 0 Å². The van der Waals surface area contributed by atoms with E-state index in [0.29, 0.717) is 29.7 Å². The van der Waals surface area contributed by atoms with Gasteiger partial charge in [-0.1, -0.05) is 37.3 Å². The van der Waals surface area contributed by atoms with Crippen molar-refractivity contribution in [3.05, 3.63) is 64.8 Å². The van der Waals surface area contributed by atoms with Gasteiger partial charge in [0.1, 0.15) is 11.5 Å². The molecule has 0 unspecified atom stereocenters. The van der Waals surface area contributed by atoms with Gasteiger partial charge in [-0.2, -0.15) is 0 Å². The zero-order chi connectivity index (χ0) is 21.8. The summed E-state index contributed by atoms with van der Waals surface area (Å²) in [4.78, 5) is 23.6. The van der Waals surface area contributed by atoms with E-state index in [1.807, 2.05) is 50.2 Å². The van der Waals surface area contributed by atoms with Crippen molar-refractivity contribution in [1.29, 1.82) is 5.41 Å². The highest BCUT2D eigenvalue weighted by Gasteiger charge is 2.25. The fourth-order valence-electron chi connectivity index (χ4n) is 3.64. The molecule has 1 heterocycles. The predicted molar refractivity (Wildman–Crippen MR) is 115 cm³/mol. The average Bonchev–Trinajstić information content (AvgIpc) is 3.04. The summed E-state index contributed by atoms with van der Waals surface area (Å²) in [7, 11) is 1.29. The summed E-state index contributed by atoms with van der Waals surface area (Å²) in [6, 6.07) is 13.7. The molecule has 0 aliphatic rings. The molecule has 0 aliphatic carbocycles. The lowest BCUT2D eigenvalue weighted by Gasteiger charge is -2.12. The quantitative estimate of drug-likeness (QED) is 0.442. The number of fused-ring (bicyclic) bond motifs is 1. The van der Waals surface area contributed by atoms with E-state index in [1.54, 1.807) is 6.07 Å². The maximum Gasteiger partial charge on any atom is 0.343 e. The van der Waals surface area contributed by atoms with Crippen molar-refractivity contribution in [2.24, 2.45) is 5.73 Å². The molecule has 3 rings (SSSR count). The molecular weight excluding hydrogens is 382 g/mol. The van der Waals surface area contributed by atoms with Crippen LogP contribution in [0.15, 0.2) is 42.5 Å².